The van der Waals surface area contributed by atoms with Crippen LogP contribution < -0.4 is 4.74 Å². The number of carboxylic acids is 1. The molecule has 3 aliphatic rings. The summed E-state index contributed by atoms with van der Waals surface area (Å²) in [6, 6.07) is 8.33. The fraction of sp³-hybridized carbons (Fsp3) is 0.652. The Morgan fingerprint density at radius 2 is 2.03 bits per heavy atom. The molecule has 1 aromatic rings. The van der Waals surface area contributed by atoms with Crippen molar-refractivity contribution in [2.24, 2.45) is 0 Å². The third kappa shape index (κ3) is 7.07. The lowest BCUT2D eigenvalue weighted by molar-refractivity contribution is -0.192. The van der Waals surface area contributed by atoms with Gasteiger partial charge in [-0.25, -0.2) is 4.79 Å². The highest BCUT2D eigenvalue weighted by atomic mass is 19.4. The number of amides is 1. The Bertz CT molecular complexity index is 835. The third-order valence-corrected chi connectivity index (χ3v) is 6.35. The molecule has 0 radical (unpaired) electrons. The van der Waals surface area contributed by atoms with Crippen molar-refractivity contribution in [1.82, 2.24) is 9.80 Å². The first-order valence-electron chi connectivity index (χ1n) is 11.2. The SMILES string of the molecule is COc1cccc(CN2CC[C@]3(CCC[C@@H](CN4CCCC4=O)O3)C2)c1.O=C(O)C(F)(F)F. The third-order valence-electron chi connectivity index (χ3n) is 6.35. The van der Waals surface area contributed by atoms with Gasteiger partial charge in [-0.3, -0.25) is 9.69 Å². The average molecular weight is 473 g/mol. The molecule has 0 aliphatic carbocycles. The topological polar surface area (TPSA) is 79.3 Å². The smallest absolute Gasteiger partial charge is 0.490 e. The van der Waals surface area contributed by atoms with E-state index in [1.807, 2.05) is 11.0 Å². The molecular weight excluding hydrogens is 441 g/mol. The van der Waals surface area contributed by atoms with E-state index in [9.17, 15) is 18.0 Å². The quantitative estimate of drug-likeness (QED) is 0.707. The molecule has 10 heteroatoms. The van der Waals surface area contributed by atoms with E-state index in [-0.39, 0.29) is 11.7 Å². The summed E-state index contributed by atoms with van der Waals surface area (Å²) in [7, 11) is 1.71. The number of carboxylic acid groups (broad SMARTS) is 1. The summed E-state index contributed by atoms with van der Waals surface area (Å²) in [5.74, 6) is -1.53. The van der Waals surface area contributed by atoms with Crippen LogP contribution in [0.25, 0.3) is 0 Å². The molecule has 3 saturated heterocycles. The van der Waals surface area contributed by atoms with E-state index < -0.39 is 12.1 Å². The van der Waals surface area contributed by atoms with Crippen molar-refractivity contribution < 1.29 is 37.3 Å². The standard InChI is InChI=1S/C21H30N2O3.C2HF3O2/c1-25-18-6-2-5-17(13-18)14-22-12-10-21(16-22)9-3-7-19(26-21)15-23-11-4-8-20(23)24;3-2(4,5)1(6)7/h2,5-6,13,19H,3-4,7-12,14-16H2,1H3;(H,6,7)/t19-,21+;/m0./s1. The Hall–Kier alpha value is -2.33. The van der Waals surface area contributed by atoms with Gasteiger partial charge in [0.15, 0.2) is 0 Å². The van der Waals surface area contributed by atoms with Crippen molar-refractivity contribution >= 4 is 11.9 Å². The minimum Gasteiger partial charge on any atom is -0.497 e. The van der Waals surface area contributed by atoms with Crippen molar-refractivity contribution in [1.29, 1.82) is 0 Å². The van der Waals surface area contributed by atoms with Crippen LogP contribution in [0.15, 0.2) is 24.3 Å². The molecule has 2 atom stereocenters. The second-order valence-electron chi connectivity index (χ2n) is 8.87. The highest BCUT2D eigenvalue weighted by molar-refractivity contribution is 5.78. The molecule has 3 heterocycles. The zero-order chi connectivity index (χ0) is 24.1. The number of alkyl halides is 3. The minimum absolute atomic E-state index is 0.00937. The molecule has 0 bridgehead atoms. The number of rotatable bonds is 5. The molecule has 4 rings (SSSR count). The first kappa shape index (κ1) is 25.3. The molecule has 184 valence electrons. The number of aliphatic carboxylic acids is 1. The normalized spacial score (nSPS) is 25.8. The Labute approximate surface area is 191 Å². The second kappa shape index (κ2) is 10.7. The van der Waals surface area contributed by atoms with Crippen molar-refractivity contribution in [2.45, 2.75) is 63.0 Å². The molecule has 0 unspecified atom stereocenters. The van der Waals surface area contributed by atoms with Crippen LogP contribution in [0.2, 0.25) is 0 Å². The molecule has 33 heavy (non-hydrogen) atoms. The molecule has 1 spiro atoms. The predicted octanol–water partition coefficient (Wildman–Crippen LogP) is 3.46. The summed E-state index contributed by atoms with van der Waals surface area (Å²) >= 11 is 0. The van der Waals surface area contributed by atoms with E-state index in [0.717, 1.165) is 64.2 Å². The Morgan fingerprint density at radius 3 is 2.67 bits per heavy atom. The molecule has 0 aromatic heterocycles. The van der Waals surface area contributed by atoms with Gasteiger partial charge in [0.2, 0.25) is 5.91 Å². The summed E-state index contributed by atoms with van der Waals surface area (Å²) < 4.78 is 43.7. The molecule has 0 saturated carbocycles. The van der Waals surface area contributed by atoms with Gasteiger partial charge in [-0.05, 0) is 49.8 Å². The van der Waals surface area contributed by atoms with Crippen LogP contribution in [-0.4, -0.2) is 78.0 Å². The van der Waals surface area contributed by atoms with Crippen molar-refractivity contribution in [3.63, 3.8) is 0 Å². The van der Waals surface area contributed by atoms with Crippen molar-refractivity contribution in [2.75, 3.05) is 33.3 Å². The lowest BCUT2D eigenvalue weighted by Gasteiger charge is -2.40. The number of hydrogen-bond acceptors (Lipinski definition) is 5. The van der Waals surface area contributed by atoms with E-state index in [4.69, 9.17) is 19.4 Å². The monoisotopic (exact) mass is 472 g/mol. The maximum absolute atomic E-state index is 11.9. The van der Waals surface area contributed by atoms with Crippen LogP contribution in [-0.2, 0) is 20.9 Å². The number of carbonyl (C=O) groups excluding carboxylic acids is 1. The van der Waals surface area contributed by atoms with Crippen molar-refractivity contribution in [3.05, 3.63) is 29.8 Å². The summed E-state index contributed by atoms with van der Waals surface area (Å²) in [6.07, 6.45) is 1.38. The van der Waals surface area contributed by atoms with E-state index in [1.54, 1.807) is 7.11 Å². The highest BCUT2D eigenvalue weighted by Gasteiger charge is 2.43. The summed E-state index contributed by atoms with van der Waals surface area (Å²) in [6.45, 7) is 4.71. The van der Waals surface area contributed by atoms with Gasteiger partial charge in [-0.1, -0.05) is 12.1 Å². The summed E-state index contributed by atoms with van der Waals surface area (Å²) in [5, 5.41) is 7.12. The molecule has 1 amide bonds. The maximum Gasteiger partial charge on any atom is 0.490 e. The largest absolute Gasteiger partial charge is 0.497 e. The van der Waals surface area contributed by atoms with Gasteiger partial charge in [0.1, 0.15) is 5.75 Å². The van der Waals surface area contributed by atoms with Gasteiger partial charge in [-0.2, -0.15) is 13.2 Å². The van der Waals surface area contributed by atoms with Gasteiger partial charge in [0, 0.05) is 39.1 Å². The molecule has 1 N–H and O–H groups in total. The zero-order valence-corrected chi connectivity index (χ0v) is 18.8. The van der Waals surface area contributed by atoms with Crippen LogP contribution in [0.3, 0.4) is 0 Å². The van der Waals surface area contributed by atoms with Gasteiger partial charge < -0.3 is 19.5 Å². The van der Waals surface area contributed by atoms with Crippen molar-refractivity contribution in [3.8, 4) is 5.75 Å². The van der Waals surface area contributed by atoms with E-state index in [2.05, 4.69) is 23.1 Å². The first-order valence-corrected chi connectivity index (χ1v) is 11.2. The number of benzene rings is 1. The molecule has 7 nitrogen and oxygen atoms in total. The number of nitrogens with zero attached hydrogens (tertiary/aromatic N) is 2. The summed E-state index contributed by atoms with van der Waals surface area (Å²) in [5.41, 5.74) is 1.28. The molecule has 3 aliphatic heterocycles. The fourth-order valence-electron chi connectivity index (χ4n) is 4.79. The van der Waals surface area contributed by atoms with Gasteiger partial charge >= 0.3 is 12.1 Å². The lowest BCUT2D eigenvalue weighted by atomic mass is 9.90. The Kier molecular flexibility index (Phi) is 8.23. The zero-order valence-electron chi connectivity index (χ0n) is 18.8. The fourth-order valence-corrected chi connectivity index (χ4v) is 4.79. The number of methoxy groups -OCH3 is 1. The number of ether oxygens (including phenoxy) is 2. The predicted molar refractivity (Wildman–Crippen MR) is 114 cm³/mol. The van der Waals surface area contributed by atoms with Gasteiger partial charge in [0.05, 0.1) is 18.8 Å². The lowest BCUT2D eigenvalue weighted by Crippen LogP contribution is -2.47. The molecule has 1 aromatic carbocycles. The number of likely N-dealkylation sites (tertiary alicyclic amines) is 2. The maximum atomic E-state index is 11.9. The number of halogens is 3. The van der Waals surface area contributed by atoms with Crippen LogP contribution in [0, 0.1) is 0 Å². The molecule has 3 fully saturated rings. The molecular formula is C23H31F3N2O5. The van der Waals surface area contributed by atoms with Gasteiger partial charge in [0.25, 0.3) is 0 Å². The van der Waals surface area contributed by atoms with Crippen LogP contribution in [0.1, 0.15) is 44.1 Å². The van der Waals surface area contributed by atoms with E-state index in [0.29, 0.717) is 12.3 Å². The highest BCUT2D eigenvalue weighted by Crippen LogP contribution is 2.37. The second-order valence-corrected chi connectivity index (χ2v) is 8.87. The van der Waals surface area contributed by atoms with Crippen LogP contribution >= 0.6 is 0 Å². The Morgan fingerprint density at radius 1 is 1.27 bits per heavy atom. The average Bonchev–Trinajstić information content (AvgIpc) is 3.34. The van der Waals surface area contributed by atoms with E-state index in [1.165, 1.54) is 12.0 Å². The van der Waals surface area contributed by atoms with E-state index >= 15 is 0 Å². The van der Waals surface area contributed by atoms with Crippen LogP contribution in [0.4, 0.5) is 13.2 Å². The minimum atomic E-state index is -5.08. The van der Waals surface area contributed by atoms with Crippen LogP contribution in [0.5, 0.6) is 5.75 Å². The Balaban J connectivity index is 0.000000383. The number of carbonyl (C=O) groups is 2. The summed E-state index contributed by atoms with van der Waals surface area (Å²) in [4.78, 5) is 25.3. The first-order chi connectivity index (χ1) is 15.6. The number of hydrogen-bond donors (Lipinski definition) is 1. The van der Waals surface area contributed by atoms with Gasteiger partial charge in [-0.15, -0.1) is 0 Å².